The van der Waals surface area contributed by atoms with Crippen molar-refractivity contribution in [1.82, 2.24) is 5.32 Å². The van der Waals surface area contributed by atoms with Crippen molar-refractivity contribution >= 4 is 0 Å². The maximum atomic E-state index is 13.2. The van der Waals surface area contributed by atoms with Gasteiger partial charge in [0.25, 0.3) is 0 Å². The molecule has 0 fully saturated rings. The lowest BCUT2D eigenvalue weighted by atomic mass is 9.93. The summed E-state index contributed by atoms with van der Waals surface area (Å²) in [4.78, 5) is 0. The molecule has 0 atom stereocenters. The van der Waals surface area contributed by atoms with E-state index in [2.05, 4.69) is 5.32 Å². The Labute approximate surface area is 107 Å². The quantitative estimate of drug-likeness (QED) is 0.814. The third-order valence-electron chi connectivity index (χ3n) is 3.50. The van der Waals surface area contributed by atoms with Crippen LogP contribution >= 0.6 is 0 Å². The average molecular weight is 250 g/mol. The van der Waals surface area contributed by atoms with Gasteiger partial charge in [0.05, 0.1) is 18.2 Å². The topological polar surface area (TPSA) is 56.0 Å². The van der Waals surface area contributed by atoms with Crippen LogP contribution in [0.3, 0.4) is 0 Å². The molecular weight excluding hydrogens is 231 g/mol. The molecule has 0 bridgehead atoms. The molecule has 4 heteroatoms. The summed E-state index contributed by atoms with van der Waals surface area (Å²) in [6, 6.07) is 6.16. The summed E-state index contributed by atoms with van der Waals surface area (Å²) in [6.07, 6.45) is 1.55. The van der Waals surface area contributed by atoms with E-state index < -0.39 is 0 Å². The van der Waals surface area contributed by atoms with E-state index in [-0.39, 0.29) is 18.0 Å². The first-order chi connectivity index (χ1) is 8.60. The maximum absolute atomic E-state index is 13.2. The first-order valence-electron chi connectivity index (χ1n) is 6.15. The van der Waals surface area contributed by atoms with Crippen molar-refractivity contribution in [3.63, 3.8) is 0 Å². The Bertz CT molecular complexity index is 428. The van der Waals surface area contributed by atoms with Crippen LogP contribution in [0.2, 0.25) is 0 Å². The Hall–Kier alpha value is -1.44. The van der Waals surface area contributed by atoms with E-state index >= 15 is 0 Å². The van der Waals surface area contributed by atoms with Crippen molar-refractivity contribution < 1.29 is 9.50 Å². The number of nitriles is 1. The predicted octanol–water partition coefficient (Wildman–Crippen LogP) is 2.34. The standard InChI is InChI=1S/C14H19FN2O/c1-3-14(4-2,10-18)17-9-12-7-13(15)6-5-11(12)8-16/h5-7,17-18H,3-4,9-10H2,1-2H3. The number of nitrogens with one attached hydrogen (secondary N) is 1. The number of halogens is 1. The van der Waals surface area contributed by atoms with Crippen LogP contribution < -0.4 is 5.32 Å². The predicted molar refractivity (Wildman–Crippen MR) is 68.4 cm³/mol. The number of nitrogens with zero attached hydrogens (tertiary/aromatic N) is 1. The van der Waals surface area contributed by atoms with Gasteiger partial charge in [-0.1, -0.05) is 13.8 Å². The van der Waals surface area contributed by atoms with Crippen molar-refractivity contribution in [2.45, 2.75) is 38.8 Å². The zero-order valence-electron chi connectivity index (χ0n) is 10.8. The number of benzene rings is 1. The van der Waals surface area contributed by atoms with Crippen molar-refractivity contribution in [2.75, 3.05) is 6.61 Å². The van der Waals surface area contributed by atoms with Gasteiger partial charge in [0.2, 0.25) is 0 Å². The van der Waals surface area contributed by atoms with Crippen LogP contribution in [0.4, 0.5) is 4.39 Å². The maximum Gasteiger partial charge on any atom is 0.123 e. The molecule has 1 aromatic rings. The monoisotopic (exact) mass is 250 g/mol. The van der Waals surface area contributed by atoms with Crippen molar-refractivity contribution in [1.29, 1.82) is 5.26 Å². The molecular formula is C14H19FN2O. The van der Waals surface area contributed by atoms with Gasteiger partial charge >= 0.3 is 0 Å². The fourth-order valence-corrected chi connectivity index (χ4v) is 1.88. The minimum absolute atomic E-state index is 0.0250. The molecule has 0 aromatic heterocycles. The molecule has 0 aliphatic heterocycles. The summed E-state index contributed by atoms with van der Waals surface area (Å²) in [5.41, 5.74) is 0.721. The molecule has 3 nitrogen and oxygen atoms in total. The number of rotatable bonds is 6. The molecule has 98 valence electrons. The van der Waals surface area contributed by atoms with Gasteiger partial charge in [0.1, 0.15) is 5.82 Å². The van der Waals surface area contributed by atoms with Crippen LogP contribution in [0.1, 0.15) is 37.8 Å². The first-order valence-corrected chi connectivity index (χ1v) is 6.15. The molecule has 0 aliphatic rings. The third kappa shape index (κ3) is 3.28. The Morgan fingerprint density at radius 3 is 2.56 bits per heavy atom. The van der Waals surface area contributed by atoms with Crippen molar-refractivity contribution in [3.8, 4) is 6.07 Å². The van der Waals surface area contributed by atoms with Crippen LogP contribution in [0.25, 0.3) is 0 Å². The lowest BCUT2D eigenvalue weighted by molar-refractivity contribution is 0.149. The molecule has 0 spiro atoms. The van der Waals surface area contributed by atoms with E-state index in [0.717, 1.165) is 12.8 Å². The largest absolute Gasteiger partial charge is 0.394 e. The summed E-state index contributed by atoms with van der Waals surface area (Å²) < 4.78 is 13.2. The van der Waals surface area contributed by atoms with E-state index in [0.29, 0.717) is 17.7 Å². The van der Waals surface area contributed by atoms with Crippen LogP contribution in [-0.4, -0.2) is 17.3 Å². The van der Waals surface area contributed by atoms with Gasteiger partial charge in [-0.25, -0.2) is 4.39 Å². The second-order valence-corrected chi connectivity index (χ2v) is 4.41. The molecule has 18 heavy (non-hydrogen) atoms. The summed E-state index contributed by atoms with van der Waals surface area (Å²) in [5.74, 6) is -0.353. The zero-order chi connectivity index (χ0) is 13.6. The van der Waals surface area contributed by atoms with E-state index in [1.165, 1.54) is 18.2 Å². The van der Waals surface area contributed by atoms with Gasteiger partial charge in [-0.05, 0) is 36.6 Å². The molecule has 1 rings (SSSR count). The van der Waals surface area contributed by atoms with Crippen LogP contribution in [-0.2, 0) is 6.54 Å². The molecule has 0 amide bonds. The Morgan fingerprint density at radius 2 is 2.06 bits per heavy atom. The molecule has 0 unspecified atom stereocenters. The van der Waals surface area contributed by atoms with Crippen LogP contribution in [0.15, 0.2) is 18.2 Å². The van der Waals surface area contributed by atoms with E-state index in [1.807, 2.05) is 19.9 Å². The molecule has 1 aromatic carbocycles. The lowest BCUT2D eigenvalue weighted by Crippen LogP contribution is -2.47. The minimum Gasteiger partial charge on any atom is -0.394 e. The Balaban J connectivity index is 2.85. The van der Waals surface area contributed by atoms with Gasteiger partial charge in [0.15, 0.2) is 0 Å². The molecule has 0 saturated heterocycles. The highest BCUT2D eigenvalue weighted by atomic mass is 19.1. The fourth-order valence-electron chi connectivity index (χ4n) is 1.88. The first kappa shape index (κ1) is 14.6. The molecule has 0 saturated carbocycles. The highest BCUT2D eigenvalue weighted by Crippen LogP contribution is 2.17. The van der Waals surface area contributed by atoms with E-state index in [9.17, 15) is 9.50 Å². The normalized spacial score (nSPS) is 11.3. The number of hydrogen-bond acceptors (Lipinski definition) is 3. The van der Waals surface area contributed by atoms with E-state index in [1.54, 1.807) is 0 Å². The Kier molecular flexibility index (Phi) is 5.26. The van der Waals surface area contributed by atoms with Gasteiger partial charge in [0, 0.05) is 12.1 Å². The summed E-state index contributed by atoms with van der Waals surface area (Å²) in [6.45, 7) is 4.38. The number of hydrogen-bond donors (Lipinski definition) is 2. The van der Waals surface area contributed by atoms with Crippen molar-refractivity contribution in [2.24, 2.45) is 0 Å². The highest BCUT2D eigenvalue weighted by molar-refractivity contribution is 5.37. The zero-order valence-corrected chi connectivity index (χ0v) is 10.8. The third-order valence-corrected chi connectivity index (χ3v) is 3.50. The van der Waals surface area contributed by atoms with Crippen LogP contribution in [0.5, 0.6) is 0 Å². The Morgan fingerprint density at radius 1 is 1.39 bits per heavy atom. The summed E-state index contributed by atoms with van der Waals surface area (Å²) in [7, 11) is 0. The van der Waals surface area contributed by atoms with E-state index in [4.69, 9.17) is 5.26 Å². The van der Waals surface area contributed by atoms with Gasteiger partial charge in [-0.15, -0.1) is 0 Å². The fraction of sp³-hybridized carbons (Fsp3) is 0.500. The second kappa shape index (κ2) is 6.48. The van der Waals surface area contributed by atoms with Crippen LogP contribution in [0, 0.1) is 17.1 Å². The molecule has 0 heterocycles. The number of aliphatic hydroxyl groups is 1. The SMILES string of the molecule is CCC(CC)(CO)NCc1cc(F)ccc1C#N. The average Bonchev–Trinajstić information content (AvgIpc) is 2.41. The highest BCUT2D eigenvalue weighted by Gasteiger charge is 2.24. The lowest BCUT2D eigenvalue weighted by Gasteiger charge is -2.31. The van der Waals surface area contributed by atoms with Crippen molar-refractivity contribution in [3.05, 3.63) is 35.1 Å². The molecule has 0 aliphatic carbocycles. The second-order valence-electron chi connectivity index (χ2n) is 4.41. The molecule has 0 radical (unpaired) electrons. The van der Waals surface area contributed by atoms with Gasteiger partial charge < -0.3 is 10.4 Å². The summed E-state index contributed by atoms with van der Waals surface area (Å²) in [5, 5.41) is 21.6. The van der Waals surface area contributed by atoms with Gasteiger partial charge in [-0.2, -0.15) is 5.26 Å². The van der Waals surface area contributed by atoms with Gasteiger partial charge in [-0.3, -0.25) is 0 Å². The number of aliphatic hydroxyl groups excluding tert-OH is 1. The molecule has 2 N–H and O–H groups in total. The smallest absolute Gasteiger partial charge is 0.123 e. The minimum atomic E-state index is -0.362. The summed E-state index contributed by atoms with van der Waals surface area (Å²) >= 11 is 0.